The molecule has 0 spiro atoms. The van der Waals surface area contributed by atoms with Gasteiger partial charge in [0, 0.05) is 10.9 Å². The van der Waals surface area contributed by atoms with Crippen LogP contribution in [0.2, 0.25) is 0 Å². The first-order valence-electron chi connectivity index (χ1n) is 7.02. The zero-order chi connectivity index (χ0) is 17.5. The molecule has 0 aliphatic carbocycles. The molecule has 0 aliphatic rings. The molecular weight excluding hydrogens is 325 g/mol. The van der Waals surface area contributed by atoms with Crippen molar-refractivity contribution in [2.45, 2.75) is 26.6 Å². The normalized spacial score (nSPS) is 11.9. The average molecular weight is 338 g/mol. The van der Waals surface area contributed by atoms with E-state index in [0.717, 1.165) is 22.0 Å². The lowest BCUT2D eigenvalue weighted by Crippen LogP contribution is -2.23. The Morgan fingerprint density at radius 2 is 2.08 bits per heavy atom. The van der Waals surface area contributed by atoms with Crippen molar-refractivity contribution in [2.24, 2.45) is 0 Å². The Balaban J connectivity index is 1.73. The van der Waals surface area contributed by atoms with Gasteiger partial charge in [-0.3, -0.25) is 4.79 Å². The van der Waals surface area contributed by atoms with Crippen molar-refractivity contribution >= 4 is 16.8 Å². The molecule has 3 rings (SSSR count). The van der Waals surface area contributed by atoms with Crippen LogP contribution in [0.5, 0.6) is 0 Å². The van der Waals surface area contributed by atoms with Crippen molar-refractivity contribution in [1.29, 1.82) is 0 Å². The number of halogens is 3. The van der Waals surface area contributed by atoms with Gasteiger partial charge in [0.15, 0.2) is 0 Å². The summed E-state index contributed by atoms with van der Waals surface area (Å²) in [6, 6.07) is 5.50. The van der Waals surface area contributed by atoms with Crippen LogP contribution in [0.25, 0.3) is 10.9 Å². The van der Waals surface area contributed by atoms with Gasteiger partial charge in [-0.1, -0.05) is 11.2 Å². The fourth-order valence-corrected chi connectivity index (χ4v) is 2.27. The average Bonchev–Trinajstić information content (AvgIpc) is 3.15. The van der Waals surface area contributed by atoms with Crippen LogP contribution in [0.3, 0.4) is 0 Å². The molecule has 126 valence electrons. The van der Waals surface area contributed by atoms with Gasteiger partial charge in [0.2, 0.25) is 5.89 Å². The van der Waals surface area contributed by atoms with Gasteiger partial charge in [0.1, 0.15) is 5.69 Å². The third-order valence-electron chi connectivity index (χ3n) is 3.71. The van der Waals surface area contributed by atoms with E-state index in [2.05, 4.69) is 25.0 Å². The Bertz CT molecular complexity index is 911. The Morgan fingerprint density at radius 1 is 1.33 bits per heavy atom. The summed E-state index contributed by atoms with van der Waals surface area (Å²) in [7, 11) is 0. The lowest BCUT2D eigenvalue weighted by atomic mass is 10.1. The summed E-state index contributed by atoms with van der Waals surface area (Å²) in [5.74, 6) is -2.17. The predicted molar refractivity (Wildman–Crippen MR) is 78.2 cm³/mol. The Kier molecular flexibility index (Phi) is 3.78. The molecule has 0 radical (unpaired) electrons. The number of fused-ring (bicyclic) bond motifs is 1. The van der Waals surface area contributed by atoms with Crippen molar-refractivity contribution in [3.8, 4) is 0 Å². The van der Waals surface area contributed by atoms with E-state index in [1.165, 1.54) is 0 Å². The molecular formula is C15H13F3N4O2. The van der Waals surface area contributed by atoms with E-state index in [-0.39, 0.29) is 12.4 Å². The molecule has 0 bridgehead atoms. The molecule has 0 unspecified atom stereocenters. The van der Waals surface area contributed by atoms with Crippen molar-refractivity contribution in [3.05, 3.63) is 46.7 Å². The lowest BCUT2D eigenvalue weighted by molar-refractivity contribution is -0.146. The highest BCUT2D eigenvalue weighted by atomic mass is 19.4. The maximum absolute atomic E-state index is 12.4. The minimum Gasteiger partial charge on any atom is -0.351 e. The number of hydrogen-bond donors (Lipinski definition) is 2. The number of aryl methyl sites for hydroxylation is 2. The highest BCUT2D eigenvalue weighted by Crippen LogP contribution is 2.26. The first-order valence-corrected chi connectivity index (χ1v) is 7.02. The molecule has 0 aliphatic heterocycles. The molecule has 0 saturated heterocycles. The Labute approximate surface area is 134 Å². The van der Waals surface area contributed by atoms with E-state index in [1.807, 2.05) is 26.0 Å². The monoisotopic (exact) mass is 338 g/mol. The van der Waals surface area contributed by atoms with Gasteiger partial charge >= 0.3 is 6.18 Å². The number of alkyl halides is 3. The number of carbonyl (C=O) groups excluding carboxylic acids is 1. The second-order valence-electron chi connectivity index (χ2n) is 5.34. The van der Waals surface area contributed by atoms with E-state index in [1.54, 1.807) is 6.07 Å². The molecule has 2 N–H and O–H groups in total. The summed E-state index contributed by atoms with van der Waals surface area (Å²) in [4.78, 5) is 18.3. The first-order chi connectivity index (χ1) is 11.3. The molecule has 0 saturated carbocycles. The van der Waals surface area contributed by atoms with Crippen molar-refractivity contribution in [3.63, 3.8) is 0 Å². The van der Waals surface area contributed by atoms with Crippen LogP contribution in [0.4, 0.5) is 13.2 Å². The third-order valence-corrected chi connectivity index (χ3v) is 3.71. The van der Waals surface area contributed by atoms with Gasteiger partial charge < -0.3 is 14.8 Å². The molecule has 9 heteroatoms. The summed E-state index contributed by atoms with van der Waals surface area (Å²) in [5, 5.41) is 6.18. The van der Waals surface area contributed by atoms with Crippen LogP contribution < -0.4 is 5.32 Å². The predicted octanol–water partition coefficient (Wildman–Crippen LogP) is 3.12. The van der Waals surface area contributed by atoms with Gasteiger partial charge in [0.05, 0.1) is 6.54 Å². The van der Waals surface area contributed by atoms with E-state index in [0.29, 0.717) is 5.69 Å². The van der Waals surface area contributed by atoms with Crippen LogP contribution in [0.1, 0.15) is 33.3 Å². The number of rotatable bonds is 3. The molecule has 1 amide bonds. The molecule has 0 atom stereocenters. The minimum atomic E-state index is -4.68. The van der Waals surface area contributed by atoms with Gasteiger partial charge in [-0.2, -0.15) is 18.2 Å². The fourth-order valence-electron chi connectivity index (χ4n) is 2.27. The molecule has 24 heavy (non-hydrogen) atoms. The largest absolute Gasteiger partial charge is 0.455 e. The quantitative estimate of drug-likeness (QED) is 0.768. The lowest BCUT2D eigenvalue weighted by Gasteiger charge is -1.99. The maximum atomic E-state index is 12.4. The Hall–Kier alpha value is -2.84. The van der Waals surface area contributed by atoms with Crippen LogP contribution in [-0.4, -0.2) is 21.0 Å². The highest BCUT2D eigenvalue weighted by Gasteiger charge is 2.37. The number of H-pyrrole nitrogens is 1. The second-order valence-corrected chi connectivity index (χ2v) is 5.34. The van der Waals surface area contributed by atoms with E-state index in [4.69, 9.17) is 0 Å². The van der Waals surface area contributed by atoms with Crippen molar-refractivity contribution in [1.82, 2.24) is 20.4 Å². The van der Waals surface area contributed by atoms with Crippen molar-refractivity contribution in [2.75, 3.05) is 0 Å². The first kappa shape index (κ1) is 16.0. The zero-order valence-corrected chi connectivity index (χ0v) is 12.8. The molecule has 3 aromatic rings. The number of amides is 1. The second kappa shape index (κ2) is 5.66. The van der Waals surface area contributed by atoms with E-state index < -0.39 is 17.9 Å². The number of hydrogen-bond acceptors (Lipinski definition) is 4. The topological polar surface area (TPSA) is 83.8 Å². The van der Waals surface area contributed by atoms with Crippen molar-refractivity contribution < 1.29 is 22.5 Å². The SMILES string of the molecule is Cc1ccc2[nH]c(C(=O)NCc3nc(C(F)(F)F)no3)cc2c1C. The Morgan fingerprint density at radius 3 is 2.75 bits per heavy atom. The van der Waals surface area contributed by atoms with Crippen LogP contribution in [-0.2, 0) is 12.7 Å². The number of benzene rings is 1. The summed E-state index contributed by atoms with van der Waals surface area (Å²) >= 11 is 0. The standard InChI is InChI=1S/C15H13F3N4O2/c1-7-3-4-10-9(8(7)2)5-11(20-10)13(23)19-6-12-21-14(22-24-12)15(16,17)18/h3-5,20H,6H2,1-2H3,(H,19,23). The van der Waals surface area contributed by atoms with E-state index in [9.17, 15) is 18.0 Å². The molecule has 6 nitrogen and oxygen atoms in total. The van der Waals surface area contributed by atoms with Gasteiger partial charge in [-0.05, 0) is 37.1 Å². The minimum absolute atomic E-state index is 0.296. The third kappa shape index (κ3) is 2.97. The van der Waals surface area contributed by atoms with Gasteiger partial charge in [-0.25, -0.2) is 0 Å². The molecule has 2 aromatic heterocycles. The van der Waals surface area contributed by atoms with Gasteiger partial charge in [-0.15, -0.1) is 0 Å². The summed E-state index contributed by atoms with van der Waals surface area (Å²) < 4.78 is 41.6. The number of aromatic nitrogens is 3. The number of nitrogens with zero attached hydrogens (tertiary/aromatic N) is 2. The van der Waals surface area contributed by atoms with Gasteiger partial charge in [0.25, 0.3) is 11.7 Å². The van der Waals surface area contributed by atoms with Crippen LogP contribution in [0, 0.1) is 13.8 Å². The smallest absolute Gasteiger partial charge is 0.351 e. The molecule has 0 fully saturated rings. The highest BCUT2D eigenvalue weighted by molar-refractivity contribution is 5.99. The fraction of sp³-hybridized carbons (Fsp3) is 0.267. The van der Waals surface area contributed by atoms with Crippen LogP contribution >= 0.6 is 0 Å². The van der Waals surface area contributed by atoms with E-state index >= 15 is 0 Å². The summed E-state index contributed by atoms with van der Waals surface area (Å²) in [6.07, 6.45) is -4.68. The van der Waals surface area contributed by atoms with Crippen LogP contribution in [0.15, 0.2) is 22.7 Å². The maximum Gasteiger partial charge on any atom is 0.455 e. The molecule has 1 aromatic carbocycles. The zero-order valence-electron chi connectivity index (χ0n) is 12.8. The summed E-state index contributed by atoms with van der Waals surface area (Å²) in [5.41, 5.74) is 3.25. The molecule has 2 heterocycles. The summed E-state index contributed by atoms with van der Waals surface area (Å²) in [6.45, 7) is 3.62. The number of nitrogens with one attached hydrogen (secondary N) is 2. The number of carbonyl (C=O) groups is 1. The number of aromatic amines is 1.